The molecule has 1 aromatic carbocycles. The Morgan fingerprint density at radius 1 is 1.62 bits per heavy atom. The number of hydrogen-bond acceptors (Lipinski definition) is 2. The van der Waals surface area contributed by atoms with Gasteiger partial charge in [-0.1, -0.05) is 24.8 Å². The van der Waals surface area contributed by atoms with Gasteiger partial charge >= 0.3 is 0 Å². The van der Waals surface area contributed by atoms with Crippen LogP contribution in [0.15, 0.2) is 36.9 Å². The van der Waals surface area contributed by atoms with Crippen LogP contribution in [0.3, 0.4) is 0 Å². The van der Waals surface area contributed by atoms with E-state index in [9.17, 15) is 0 Å². The summed E-state index contributed by atoms with van der Waals surface area (Å²) in [6.45, 7) is 6.06. The molecular weight excluding hydrogens is 162 g/mol. The van der Waals surface area contributed by atoms with Crippen LogP contribution in [-0.4, -0.2) is 6.61 Å². The summed E-state index contributed by atoms with van der Waals surface area (Å²) < 4.78 is 5.37. The molecule has 1 rings (SSSR count). The van der Waals surface area contributed by atoms with Crippen LogP contribution in [-0.2, 0) is 0 Å². The van der Waals surface area contributed by atoms with Crippen molar-refractivity contribution in [1.82, 2.24) is 0 Å². The number of hydrogen-bond donors (Lipinski definition) is 1. The first-order valence-electron chi connectivity index (χ1n) is 4.33. The van der Waals surface area contributed by atoms with Crippen LogP contribution in [0.4, 0.5) is 0 Å². The van der Waals surface area contributed by atoms with E-state index in [1.165, 1.54) is 0 Å². The van der Waals surface area contributed by atoms with Gasteiger partial charge in [-0.25, -0.2) is 0 Å². The Hall–Kier alpha value is -1.28. The summed E-state index contributed by atoms with van der Waals surface area (Å²) in [7, 11) is 0. The molecule has 2 nitrogen and oxygen atoms in total. The third kappa shape index (κ3) is 2.92. The summed E-state index contributed by atoms with van der Waals surface area (Å²) in [5.74, 6) is 0.842. The molecule has 1 unspecified atom stereocenters. The first-order chi connectivity index (χ1) is 6.24. The molecule has 0 bridgehead atoms. The highest BCUT2D eigenvalue weighted by Crippen LogP contribution is 2.17. The maximum absolute atomic E-state index is 5.74. The van der Waals surface area contributed by atoms with Gasteiger partial charge in [-0.3, -0.25) is 0 Å². The average molecular weight is 177 g/mol. The molecule has 1 aromatic rings. The third-order valence-corrected chi connectivity index (χ3v) is 1.75. The van der Waals surface area contributed by atoms with Crippen molar-refractivity contribution in [1.29, 1.82) is 0 Å². The van der Waals surface area contributed by atoms with Gasteiger partial charge < -0.3 is 10.5 Å². The molecule has 70 valence electrons. The maximum atomic E-state index is 5.74. The van der Waals surface area contributed by atoms with Crippen molar-refractivity contribution in [3.8, 4) is 5.75 Å². The molecule has 0 aliphatic carbocycles. The number of rotatable bonds is 4. The van der Waals surface area contributed by atoms with Gasteiger partial charge in [-0.15, -0.1) is 0 Å². The predicted octanol–water partition coefficient (Wildman–Crippen LogP) is 2.27. The molecule has 0 heterocycles. The molecule has 0 fully saturated rings. The molecule has 0 aliphatic rings. The van der Waals surface area contributed by atoms with Gasteiger partial charge in [0, 0.05) is 6.04 Å². The normalized spacial score (nSPS) is 12.2. The first-order valence-corrected chi connectivity index (χ1v) is 4.33. The van der Waals surface area contributed by atoms with Crippen LogP contribution < -0.4 is 10.5 Å². The molecule has 0 aliphatic heterocycles. The van der Waals surface area contributed by atoms with E-state index in [0.717, 1.165) is 11.3 Å². The lowest BCUT2D eigenvalue weighted by molar-refractivity contribution is 0.362. The van der Waals surface area contributed by atoms with Crippen molar-refractivity contribution < 1.29 is 4.74 Å². The Balaban J connectivity index is 2.73. The highest BCUT2D eigenvalue weighted by Gasteiger charge is 1.99. The van der Waals surface area contributed by atoms with Gasteiger partial charge in [0.25, 0.3) is 0 Å². The minimum atomic E-state index is 0.0484. The first kappa shape index (κ1) is 9.81. The molecule has 2 heteroatoms. The van der Waals surface area contributed by atoms with E-state index >= 15 is 0 Å². The lowest BCUT2D eigenvalue weighted by atomic mass is 10.1. The Kier molecular flexibility index (Phi) is 3.53. The highest BCUT2D eigenvalue weighted by atomic mass is 16.5. The Bertz CT molecular complexity index is 281. The number of ether oxygens (including phenoxy) is 1. The van der Waals surface area contributed by atoms with Crippen molar-refractivity contribution in [3.63, 3.8) is 0 Å². The Labute approximate surface area is 79.0 Å². The Morgan fingerprint density at radius 3 is 3.00 bits per heavy atom. The second-order valence-electron chi connectivity index (χ2n) is 2.96. The second-order valence-corrected chi connectivity index (χ2v) is 2.96. The van der Waals surface area contributed by atoms with Gasteiger partial charge in [0.2, 0.25) is 0 Å². The minimum absolute atomic E-state index is 0.0484. The molecule has 1 atom stereocenters. The predicted molar refractivity (Wildman–Crippen MR) is 54.7 cm³/mol. The molecule has 13 heavy (non-hydrogen) atoms. The largest absolute Gasteiger partial charge is 0.490 e. The fraction of sp³-hybridized carbons (Fsp3) is 0.273. The molecule has 2 N–H and O–H groups in total. The van der Waals surface area contributed by atoms with E-state index < -0.39 is 0 Å². The molecule has 0 saturated carbocycles. The topological polar surface area (TPSA) is 35.2 Å². The quantitative estimate of drug-likeness (QED) is 0.716. The zero-order valence-electron chi connectivity index (χ0n) is 7.86. The smallest absolute Gasteiger partial charge is 0.120 e. The van der Waals surface area contributed by atoms with E-state index in [-0.39, 0.29) is 6.04 Å². The molecule has 0 radical (unpaired) electrons. The van der Waals surface area contributed by atoms with Crippen LogP contribution in [0, 0.1) is 0 Å². The van der Waals surface area contributed by atoms with Crippen LogP contribution in [0.2, 0.25) is 0 Å². The zero-order valence-corrected chi connectivity index (χ0v) is 7.86. The molecule has 0 aromatic heterocycles. The summed E-state index contributed by atoms with van der Waals surface area (Å²) >= 11 is 0. The van der Waals surface area contributed by atoms with Gasteiger partial charge in [0.15, 0.2) is 0 Å². The van der Waals surface area contributed by atoms with Crippen molar-refractivity contribution >= 4 is 0 Å². The molecule has 0 saturated heterocycles. The summed E-state index contributed by atoms with van der Waals surface area (Å²) in [4.78, 5) is 0. The van der Waals surface area contributed by atoms with E-state index in [2.05, 4.69) is 6.58 Å². The SMILES string of the molecule is C=CCOc1cccc(C(C)N)c1. The van der Waals surface area contributed by atoms with Gasteiger partial charge in [-0.2, -0.15) is 0 Å². The standard InChI is InChI=1S/C11H15NO/c1-3-7-13-11-6-4-5-10(8-11)9(2)12/h3-6,8-9H,1,7,12H2,2H3. The van der Waals surface area contributed by atoms with E-state index in [1.54, 1.807) is 6.08 Å². The maximum Gasteiger partial charge on any atom is 0.120 e. The summed E-state index contributed by atoms with van der Waals surface area (Å²) in [6, 6.07) is 7.85. The van der Waals surface area contributed by atoms with Crippen LogP contribution in [0.25, 0.3) is 0 Å². The molecular formula is C11H15NO. The summed E-state index contributed by atoms with van der Waals surface area (Å²) in [5.41, 5.74) is 6.82. The van der Waals surface area contributed by atoms with Gasteiger partial charge in [0.05, 0.1) is 0 Å². The Morgan fingerprint density at radius 2 is 2.38 bits per heavy atom. The summed E-state index contributed by atoms with van der Waals surface area (Å²) in [6.07, 6.45) is 1.72. The highest BCUT2D eigenvalue weighted by molar-refractivity contribution is 5.30. The molecule has 0 spiro atoms. The second kappa shape index (κ2) is 4.67. The fourth-order valence-corrected chi connectivity index (χ4v) is 1.04. The van der Waals surface area contributed by atoms with Crippen LogP contribution >= 0.6 is 0 Å². The van der Waals surface area contributed by atoms with Crippen molar-refractivity contribution in [2.45, 2.75) is 13.0 Å². The average Bonchev–Trinajstić information content (AvgIpc) is 2.15. The van der Waals surface area contributed by atoms with Crippen molar-refractivity contribution in [3.05, 3.63) is 42.5 Å². The van der Waals surface area contributed by atoms with Gasteiger partial charge in [0.1, 0.15) is 12.4 Å². The van der Waals surface area contributed by atoms with Crippen LogP contribution in [0.5, 0.6) is 5.75 Å². The minimum Gasteiger partial charge on any atom is -0.490 e. The monoisotopic (exact) mass is 177 g/mol. The van der Waals surface area contributed by atoms with Crippen LogP contribution in [0.1, 0.15) is 18.5 Å². The fourth-order valence-electron chi connectivity index (χ4n) is 1.04. The zero-order chi connectivity index (χ0) is 9.68. The van der Waals surface area contributed by atoms with Crippen molar-refractivity contribution in [2.24, 2.45) is 5.73 Å². The van der Waals surface area contributed by atoms with E-state index in [0.29, 0.717) is 6.61 Å². The van der Waals surface area contributed by atoms with E-state index in [1.807, 2.05) is 31.2 Å². The van der Waals surface area contributed by atoms with E-state index in [4.69, 9.17) is 10.5 Å². The van der Waals surface area contributed by atoms with Crippen molar-refractivity contribution in [2.75, 3.05) is 6.61 Å². The summed E-state index contributed by atoms with van der Waals surface area (Å²) in [5, 5.41) is 0. The van der Waals surface area contributed by atoms with Gasteiger partial charge in [-0.05, 0) is 24.6 Å². The lowest BCUT2D eigenvalue weighted by Crippen LogP contribution is -2.05. The molecule has 0 amide bonds. The number of nitrogens with two attached hydrogens (primary N) is 1. The third-order valence-electron chi connectivity index (χ3n) is 1.75. The lowest BCUT2D eigenvalue weighted by Gasteiger charge is -2.08. The number of benzene rings is 1.